The Morgan fingerprint density at radius 2 is 1.74 bits per heavy atom. The number of nitrogens with one attached hydrogen (secondary N) is 1. The number of hydrogen-bond acceptors (Lipinski definition) is 4. The fourth-order valence-corrected chi connectivity index (χ4v) is 5.51. The van der Waals surface area contributed by atoms with Crippen molar-refractivity contribution in [3.63, 3.8) is 0 Å². The summed E-state index contributed by atoms with van der Waals surface area (Å²) in [6.07, 6.45) is 6.94. The topological polar surface area (TPSA) is 79.2 Å². The lowest BCUT2D eigenvalue weighted by molar-refractivity contribution is -0.154. The standard InChI is InChI=1S/C18H26N2O3/c1-11(3-4-19)15(16(21)23-2)20-17(22)18-8-12-5-13(9-18)7-14(6-12)10-18/h11-15H,3,5-10H2,1-2H3,(H,20,22)/t11-,12?,13?,14?,15-,18?/m0/s1. The first kappa shape index (κ1) is 16.3. The molecule has 0 aromatic rings. The van der Waals surface area contributed by atoms with Gasteiger partial charge in [-0.15, -0.1) is 0 Å². The first-order chi connectivity index (χ1) is 11.0. The maximum absolute atomic E-state index is 13.0. The lowest BCUT2D eigenvalue weighted by Gasteiger charge is -2.55. The molecule has 0 aliphatic heterocycles. The van der Waals surface area contributed by atoms with Crippen LogP contribution in [0.5, 0.6) is 0 Å². The van der Waals surface area contributed by atoms with Gasteiger partial charge in [0.15, 0.2) is 0 Å². The second-order valence-electron chi connectivity index (χ2n) is 8.01. The Morgan fingerprint density at radius 3 is 2.17 bits per heavy atom. The van der Waals surface area contributed by atoms with Gasteiger partial charge in [-0.1, -0.05) is 6.92 Å². The maximum atomic E-state index is 13.0. The summed E-state index contributed by atoms with van der Waals surface area (Å²) < 4.78 is 4.84. The summed E-state index contributed by atoms with van der Waals surface area (Å²) in [5.74, 6) is 1.35. The number of carbonyl (C=O) groups excluding carboxylic acids is 2. The van der Waals surface area contributed by atoms with E-state index in [1.165, 1.54) is 26.4 Å². The number of hydrogen-bond donors (Lipinski definition) is 1. The molecule has 4 aliphatic carbocycles. The second-order valence-corrected chi connectivity index (χ2v) is 8.01. The Balaban J connectivity index is 1.74. The maximum Gasteiger partial charge on any atom is 0.328 e. The van der Waals surface area contributed by atoms with Gasteiger partial charge in [-0.25, -0.2) is 4.79 Å². The van der Waals surface area contributed by atoms with Crippen molar-refractivity contribution in [3.05, 3.63) is 0 Å². The van der Waals surface area contributed by atoms with Crippen LogP contribution in [-0.2, 0) is 14.3 Å². The van der Waals surface area contributed by atoms with Crippen LogP contribution in [0, 0.1) is 40.4 Å². The summed E-state index contributed by atoms with van der Waals surface area (Å²) >= 11 is 0. The fourth-order valence-electron chi connectivity index (χ4n) is 5.51. The lowest BCUT2D eigenvalue weighted by Crippen LogP contribution is -2.57. The third-order valence-electron chi connectivity index (χ3n) is 6.24. The van der Waals surface area contributed by atoms with Crippen molar-refractivity contribution in [2.45, 2.75) is 57.9 Å². The molecule has 4 saturated carbocycles. The number of methoxy groups -OCH3 is 1. The van der Waals surface area contributed by atoms with Gasteiger partial charge < -0.3 is 10.1 Å². The third kappa shape index (κ3) is 2.96. The van der Waals surface area contributed by atoms with Crippen LogP contribution in [0.25, 0.3) is 0 Å². The van der Waals surface area contributed by atoms with Crippen molar-refractivity contribution in [2.24, 2.45) is 29.1 Å². The predicted molar refractivity (Wildman–Crippen MR) is 83.9 cm³/mol. The fraction of sp³-hybridized carbons (Fsp3) is 0.833. The van der Waals surface area contributed by atoms with Crippen molar-refractivity contribution in [3.8, 4) is 6.07 Å². The summed E-state index contributed by atoms with van der Waals surface area (Å²) in [5.41, 5.74) is -0.284. The van der Waals surface area contributed by atoms with E-state index in [-0.39, 0.29) is 23.7 Å². The van der Waals surface area contributed by atoms with E-state index in [9.17, 15) is 9.59 Å². The van der Waals surface area contributed by atoms with Gasteiger partial charge in [-0.2, -0.15) is 5.26 Å². The Morgan fingerprint density at radius 1 is 1.22 bits per heavy atom. The van der Waals surface area contributed by atoms with Gasteiger partial charge in [0.1, 0.15) is 6.04 Å². The van der Waals surface area contributed by atoms with E-state index >= 15 is 0 Å². The third-order valence-corrected chi connectivity index (χ3v) is 6.24. The van der Waals surface area contributed by atoms with Crippen molar-refractivity contribution < 1.29 is 14.3 Å². The Hall–Kier alpha value is -1.57. The van der Waals surface area contributed by atoms with Crippen molar-refractivity contribution >= 4 is 11.9 Å². The number of amides is 1. The highest BCUT2D eigenvalue weighted by Crippen LogP contribution is 2.60. The molecule has 0 aromatic carbocycles. The molecule has 4 aliphatic rings. The molecule has 0 aromatic heterocycles. The van der Waals surface area contributed by atoms with Crippen LogP contribution in [0.2, 0.25) is 0 Å². The molecule has 1 amide bonds. The van der Waals surface area contributed by atoms with Crippen molar-refractivity contribution in [1.82, 2.24) is 5.32 Å². The molecule has 2 atom stereocenters. The smallest absolute Gasteiger partial charge is 0.328 e. The average molecular weight is 318 g/mol. The molecule has 0 unspecified atom stereocenters. The lowest BCUT2D eigenvalue weighted by atomic mass is 9.49. The van der Waals surface area contributed by atoms with Gasteiger partial charge in [-0.3, -0.25) is 4.79 Å². The summed E-state index contributed by atoms with van der Waals surface area (Å²) in [5, 5.41) is 11.8. The molecule has 0 spiro atoms. The van der Waals surface area contributed by atoms with E-state index in [0.29, 0.717) is 17.8 Å². The predicted octanol–water partition coefficient (Wildman–Crippen LogP) is 2.41. The minimum Gasteiger partial charge on any atom is -0.467 e. The molecule has 23 heavy (non-hydrogen) atoms. The Labute approximate surface area is 137 Å². The minimum atomic E-state index is -0.722. The Bertz CT molecular complexity index is 502. The van der Waals surface area contributed by atoms with Gasteiger partial charge >= 0.3 is 5.97 Å². The molecule has 1 N–H and O–H groups in total. The highest BCUT2D eigenvalue weighted by Gasteiger charge is 2.55. The van der Waals surface area contributed by atoms with Gasteiger partial charge in [0.2, 0.25) is 5.91 Å². The molecule has 0 saturated heterocycles. The van der Waals surface area contributed by atoms with E-state index in [2.05, 4.69) is 11.4 Å². The monoisotopic (exact) mass is 318 g/mol. The number of esters is 1. The molecular formula is C18H26N2O3. The zero-order chi connectivity index (χ0) is 16.6. The van der Waals surface area contributed by atoms with Crippen LogP contribution < -0.4 is 5.32 Å². The van der Waals surface area contributed by atoms with Crippen molar-refractivity contribution in [1.29, 1.82) is 5.26 Å². The largest absolute Gasteiger partial charge is 0.467 e. The molecule has 4 bridgehead atoms. The zero-order valence-corrected chi connectivity index (χ0v) is 14.0. The van der Waals surface area contributed by atoms with Crippen LogP contribution in [0.15, 0.2) is 0 Å². The van der Waals surface area contributed by atoms with Gasteiger partial charge in [0.05, 0.1) is 13.2 Å². The van der Waals surface area contributed by atoms with E-state index in [1.807, 2.05) is 6.92 Å². The first-order valence-electron chi connectivity index (χ1n) is 8.73. The van der Waals surface area contributed by atoms with E-state index < -0.39 is 12.0 Å². The highest BCUT2D eigenvalue weighted by molar-refractivity contribution is 5.88. The average Bonchev–Trinajstić information content (AvgIpc) is 2.50. The molecule has 5 nitrogen and oxygen atoms in total. The molecule has 5 heteroatoms. The summed E-state index contributed by atoms with van der Waals surface area (Å²) in [6, 6.07) is 1.35. The van der Waals surface area contributed by atoms with Crippen LogP contribution in [0.4, 0.5) is 0 Å². The van der Waals surface area contributed by atoms with Crippen LogP contribution in [0.3, 0.4) is 0 Å². The molecule has 0 heterocycles. The highest BCUT2D eigenvalue weighted by atomic mass is 16.5. The van der Waals surface area contributed by atoms with Gasteiger partial charge in [-0.05, 0) is 56.3 Å². The number of ether oxygens (including phenoxy) is 1. The number of nitrogens with zero attached hydrogens (tertiary/aromatic N) is 1. The van der Waals surface area contributed by atoms with Crippen molar-refractivity contribution in [2.75, 3.05) is 7.11 Å². The SMILES string of the molecule is COC(=O)[C@@H](NC(=O)C12CC3CC(CC(C3)C1)C2)[C@@H](C)CC#N. The summed E-state index contributed by atoms with van der Waals surface area (Å²) in [4.78, 5) is 25.1. The summed E-state index contributed by atoms with van der Waals surface area (Å²) in [6.45, 7) is 1.81. The van der Waals surface area contributed by atoms with Crippen LogP contribution >= 0.6 is 0 Å². The number of rotatable bonds is 5. The first-order valence-corrected chi connectivity index (χ1v) is 8.73. The van der Waals surface area contributed by atoms with E-state index in [1.54, 1.807) is 0 Å². The van der Waals surface area contributed by atoms with Gasteiger partial charge in [0.25, 0.3) is 0 Å². The van der Waals surface area contributed by atoms with Crippen LogP contribution in [-0.4, -0.2) is 25.0 Å². The molecule has 126 valence electrons. The van der Waals surface area contributed by atoms with Gasteiger partial charge in [0, 0.05) is 17.8 Å². The molecule has 0 radical (unpaired) electrons. The quantitative estimate of drug-likeness (QED) is 0.790. The summed E-state index contributed by atoms with van der Waals surface area (Å²) in [7, 11) is 1.32. The second kappa shape index (κ2) is 6.14. The normalized spacial score (nSPS) is 36.8. The van der Waals surface area contributed by atoms with E-state index in [0.717, 1.165) is 19.3 Å². The Kier molecular flexibility index (Phi) is 4.35. The number of nitriles is 1. The molecule has 4 fully saturated rings. The zero-order valence-electron chi connectivity index (χ0n) is 14.0. The van der Waals surface area contributed by atoms with Crippen LogP contribution in [0.1, 0.15) is 51.9 Å². The molecule has 4 rings (SSSR count). The number of carbonyl (C=O) groups is 2. The molecular weight excluding hydrogens is 292 g/mol. The minimum absolute atomic E-state index is 0.0109. The van der Waals surface area contributed by atoms with E-state index in [4.69, 9.17) is 10.00 Å².